The number of rotatable bonds is 9. The van der Waals surface area contributed by atoms with E-state index in [1.54, 1.807) is 11.3 Å². The van der Waals surface area contributed by atoms with Crippen molar-refractivity contribution in [1.82, 2.24) is 0 Å². The SMILES string of the molecule is CC=NC(=C\C)/C(Nc1scc(-c2ccccc2)c1C(C)=NCc1ccc(Cl)cc1)=C(\C)CC. The lowest BCUT2D eigenvalue weighted by molar-refractivity contribution is 1.05. The summed E-state index contributed by atoms with van der Waals surface area (Å²) < 4.78 is 0. The van der Waals surface area contributed by atoms with Crippen LogP contribution in [0.15, 0.2) is 93.0 Å². The molecule has 0 saturated heterocycles. The van der Waals surface area contributed by atoms with Gasteiger partial charge in [-0.1, -0.05) is 67.1 Å². The molecule has 3 aromatic rings. The molecule has 0 unspecified atom stereocenters. The van der Waals surface area contributed by atoms with Gasteiger partial charge in [-0.2, -0.15) is 0 Å². The summed E-state index contributed by atoms with van der Waals surface area (Å²) in [6.07, 6.45) is 4.83. The molecule has 3 rings (SSSR count). The zero-order chi connectivity index (χ0) is 24.5. The van der Waals surface area contributed by atoms with Gasteiger partial charge >= 0.3 is 0 Å². The van der Waals surface area contributed by atoms with Gasteiger partial charge in [0.2, 0.25) is 0 Å². The lowest BCUT2D eigenvalue weighted by atomic mass is 10.0. The van der Waals surface area contributed by atoms with E-state index >= 15 is 0 Å². The van der Waals surface area contributed by atoms with Crippen LogP contribution in [0.25, 0.3) is 11.1 Å². The Hall–Kier alpha value is -2.95. The van der Waals surface area contributed by atoms with Crippen LogP contribution in [-0.4, -0.2) is 11.9 Å². The molecular weight excluding hydrogens is 458 g/mol. The van der Waals surface area contributed by atoms with Gasteiger partial charge in [0.15, 0.2) is 0 Å². The van der Waals surface area contributed by atoms with Gasteiger partial charge in [-0.05, 0) is 62.9 Å². The first-order chi connectivity index (χ1) is 16.5. The van der Waals surface area contributed by atoms with E-state index in [1.807, 2.05) is 56.5 Å². The lowest BCUT2D eigenvalue weighted by Gasteiger charge is -2.16. The number of aliphatic imine (C=N–C) groups is 2. The molecule has 0 atom stereocenters. The fourth-order valence-electron chi connectivity index (χ4n) is 3.62. The maximum atomic E-state index is 6.05. The molecule has 5 heteroatoms. The Morgan fingerprint density at radius 1 is 1.03 bits per heavy atom. The fourth-order valence-corrected chi connectivity index (χ4v) is 4.77. The Labute approximate surface area is 212 Å². The van der Waals surface area contributed by atoms with Crippen molar-refractivity contribution in [2.45, 2.75) is 47.6 Å². The minimum Gasteiger partial charge on any atom is -0.345 e. The molecule has 3 nitrogen and oxygen atoms in total. The quantitative estimate of drug-likeness (QED) is 0.236. The summed E-state index contributed by atoms with van der Waals surface area (Å²) in [5, 5.41) is 7.75. The maximum absolute atomic E-state index is 6.05. The number of halogens is 1. The van der Waals surface area contributed by atoms with Crippen LogP contribution in [0.1, 0.15) is 52.2 Å². The van der Waals surface area contributed by atoms with Gasteiger partial charge in [0.25, 0.3) is 0 Å². The summed E-state index contributed by atoms with van der Waals surface area (Å²) in [6, 6.07) is 18.4. The van der Waals surface area contributed by atoms with Gasteiger partial charge < -0.3 is 5.32 Å². The number of thiophene rings is 1. The molecule has 2 aromatic carbocycles. The average Bonchev–Trinajstić information content (AvgIpc) is 3.29. The summed E-state index contributed by atoms with van der Waals surface area (Å²) in [4.78, 5) is 9.58. The lowest BCUT2D eigenvalue weighted by Crippen LogP contribution is -2.08. The number of allylic oxidation sites excluding steroid dienone is 2. The zero-order valence-electron chi connectivity index (χ0n) is 20.5. The third-order valence-corrected chi connectivity index (χ3v) is 6.79. The van der Waals surface area contributed by atoms with Gasteiger partial charge in [0.05, 0.1) is 17.9 Å². The van der Waals surface area contributed by atoms with Crippen LogP contribution in [0.5, 0.6) is 0 Å². The Kier molecular flexibility index (Phi) is 9.43. The van der Waals surface area contributed by atoms with E-state index in [4.69, 9.17) is 16.6 Å². The fraction of sp³-hybridized carbons (Fsp3) is 0.241. The Morgan fingerprint density at radius 3 is 2.35 bits per heavy atom. The van der Waals surface area contributed by atoms with Crippen LogP contribution in [0.4, 0.5) is 5.00 Å². The third kappa shape index (κ3) is 6.34. The van der Waals surface area contributed by atoms with Gasteiger partial charge in [0.1, 0.15) is 5.00 Å². The van der Waals surface area contributed by atoms with E-state index in [2.05, 4.69) is 60.7 Å². The number of nitrogens with one attached hydrogen (secondary N) is 1. The van der Waals surface area contributed by atoms with Crippen LogP contribution in [0.2, 0.25) is 5.02 Å². The van der Waals surface area contributed by atoms with E-state index in [0.29, 0.717) is 6.54 Å². The first kappa shape index (κ1) is 25.7. The number of anilines is 1. The van der Waals surface area contributed by atoms with Crippen molar-refractivity contribution in [1.29, 1.82) is 0 Å². The first-order valence-electron chi connectivity index (χ1n) is 11.5. The highest BCUT2D eigenvalue weighted by molar-refractivity contribution is 7.15. The zero-order valence-corrected chi connectivity index (χ0v) is 22.1. The van der Waals surface area contributed by atoms with Gasteiger partial charge in [-0.3, -0.25) is 9.98 Å². The topological polar surface area (TPSA) is 36.8 Å². The van der Waals surface area contributed by atoms with Crippen molar-refractivity contribution in [3.8, 4) is 11.1 Å². The van der Waals surface area contributed by atoms with Crippen molar-refractivity contribution in [2.24, 2.45) is 9.98 Å². The second kappa shape index (κ2) is 12.5. The molecule has 0 radical (unpaired) electrons. The summed E-state index contributed by atoms with van der Waals surface area (Å²) in [7, 11) is 0. The highest BCUT2D eigenvalue weighted by Gasteiger charge is 2.18. The van der Waals surface area contributed by atoms with Crippen LogP contribution < -0.4 is 5.32 Å². The second-order valence-electron chi connectivity index (χ2n) is 7.94. The molecule has 0 aliphatic heterocycles. The van der Waals surface area contributed by atoms with Crippen LogP contribution in [0, 0.1) is 0 Å². The highest BCUT2D eigenvalue weighted by atomic mass is 35.5. The van der Waals surface area contributed by atoms with Crippen molar-refractivity contribution >= 4 is 39.9 Å². The van der Waals surface area contributed by atoms with E-state index in [1.165, 1.54) is 16.7 Å². The predicted octanol–water partition coefficient (Wildman–Crippen LogP) is 9.17. The Balaban J connectivity index is 2.08. The van der Waals surface area contributed by atoms with Crippen molar-refractivity contribution in [2.75, 3.05) is 5.32 Å². The van der Waals surface area contributed by atoms with Crippen molar-refractivity contribution in [3.05, 3.63) is 99.2 Å². The summed E-state index contributed by atoms with van der Waals surface area (Å²) in [5.41, 5.74) is 8.86. The van der Waals surface area contributed by atoms with Gasteiger partial charge in [-0.25, -0.2) is 0 Å². The van der Waals surface area contributed by atoms with E-state index in [-0.39, 0.29) is 0 Å². The van der Waals surface area contributed by atoms with Crippen molar-refractivity contribution < 1.29 is 0 Å². The number of hydrogen-bond acceptors (Lipinski definition) is 4. The van der Waals surface area contributed by atoms with Crippen LogP contribution in [-0.2, 0) is 6.54 Å². The number of benzene rings is 2. The molecule has 1 N–H and O–H groups in total. The smallest absolute Gasteiger partial charge is 0.103 e. The van der Waals surface area contributed by atoms with Crippen molar-refractivity contribution in [3.63, 3.8) is 0 Å². The molecule has 34 heavy (non-hydrogen) atoms. The third-order valence-electron chi connectivity index (χ3n) is 5.64. The van der Waals surface area contributed by atoms with Crippen LogP contribution >= 0.6 is 22.9 Å². The molecule has 0 saturated carbocycles. The summed E-state index contributed by atoms with van der Waals surface area (Å²) in [6.45, 7) is 11.0. The summed E-state index contributed by atoms with van der Waals surface area (Å²) in [5.74, 6) is 0. The van der Waals surface area contributed by atoms with Gasteiger partial charge in [0, 0.05) is 33.5 Å². The number of hydrogen-bond donors (Lipinski definition) is 1. The molecule has 0 amide bonds. The van der Waals surface area contributed by atoms with E-state index in [9.17, 15) is 0 Å². The Bertz CT molecular complexity index is 1220. The molecule has 1 heterocycles. The van der Waals surface area contributed by atoms with Gasteiger partial charge in [-0.15, -0.1) is 11.3 Å². The molecule has 176 valence electrons. The highest BCUT2D eigenvalue weighted by Crippen LogP contribution is 2.38. The molecule has 0 spiro atoms. The minimum absolute atomic E-state index is 0.601. The normalized spacial score (nSPS) is 13.4. The molecule has 1 aromatic heterocycles. The first-order valence-corrected chi connectivity index (χ1v) is 12.8. The minimum atomic E-state index is 0.601. The largest absolute Gasteiger partial charge is 0.345 e. The van der Waals surface area contributed by atoms with E-state index in [0.717, 1.165) is 44.7 Å². The maximum Gasteiger partial charge on any atom is 0.103 e. The standard InChI is InChI=1S/C29H32ClN3S/c1-6-20(4)28(26(7-2)31-8-3)33-29-27(25(19-34-29)23-12-10-9-11-13-23)21(5)32-18-22-14-16-24(30)17-15-22/h7-17,19,33H,6,18H2,1-5H3/b26-7-,28-20-,31-8?,32-21?. The molecule has 0 fully saturated rings. The monoisotopic (exact) mass is 489 g/mol. The van der Waals surface area contributed by atoms with Crippen LogP contribution in [0.3, 0.4) is 0 Å². The molecule has 0 bridgehead atoms. The predicted molar refractivity (Wildman–Crippen MR) is 152 cm³/mol. The molecular formula is C29H32ClN3S. The second-order valence-corrected chi connectivity index (χ2v) is 9.26. The molecule has 0 aliphatic carbocycles. The Morgan fingerprint density at radius 2 is 1.74 bits per heavy atom. The van der Waals surface area contributed by atoms with E-state index < -0.39 is 0 Å². The molecule has 0 aliphatic rings. The summed E-state index contributed by atoms with van der Waals surface area (Å²) >= 11 is 7.75. The average molecular weight is 490 g/mol. The number of nitrogens with zero attached hydrogens (tertiary/aromatic N) is 2.